The number of nitrogens with zero attached hydrogens (tertiary/aromatic N) is 2. The van der Waals surface area contributed by atoms with Crippen LogP contribution >= 0.6 is 0 Å². The predicted molar refractivity (Wildman–Crippen MR) is 84.0 cm³/mol. The molecule has 3 rings (SSSR count). The van der Waals surface area contributed by atoms with Gasteiger partial charge in [-0.3, -0.25) is 4.68 Å². The van der Waals surface area contributed by atoms with Gasteiger partial charge in [-0.2, -0.15) is 5.10 Å². The van der Waals surface area contributed by atoms with Crippen LogP contribution in [0.5, 0.6) is 0 Å². The van der Waals surface area contributed by atoms with E-state index < -0.39 is 21.3 Å². The molecule has 1 aromatic carbocycles. The van der Waals surface area contributed by atoms with Crippen LogP contribution in [0.3, 0.4) is 0 Å². The molecule has 0 amide bonds. The summed E-state index contributed by atoms with van der Waals surface area (Å²) in [6, 6.07) is 9.79. The molecule has 23 heavy (non-hydrogen) atoms. The summed E-state index contributed by atoms with van der Waals surface area (Å²) in [6.07, 6.45) is 5.18. The zero-order valence-corrected chi connectivity index (χ0v) is 13.5. The topological polar surface area (TPSA) is 89.3 Å². The molecule has 2 aromatic rings. The average molecular weight is 334 g/mol. The molecule has 1 N–H and O–H groups in total. The highest BCUT2D eigenvalue weighted by atomic mass is 32.2. The number of carboxylic acids is 1. The van der Waals surface area contributed by atoms with Crippen molar-refractivity contribution in [2.45, 2.75) is 35.6 Å². The van der Waals surface area contributed by atoms with Crippen LogP contribution in [-0.2, 0) is 20.2 Å². The molecule has 1 aliphatic rings. The van der Waals surface area contributed by atoms with Crippen molar-refractivity contribution >= 4 is 15.8 Å². The maximum Gasteiger partial charge on any atom is 0.331 e. The third-order valence-corrected chi connectivity index (χ3v) is 5.65. The van der Waals surface area contributed by atoms with Crippen molar-refractivity contribution in [3.05, 3.63) is 48.3 Å². The van der Waals surface area contributed by atoms with Crippen molar-refractivity contribution in [1.29, 1.82) is 0 Å². The summed E-state index contributed by atoms with van der Waals surface area (Å²) >= 11 is 0. The number of sulfone groups is 1. The number of benzene rings is 1. The van der Waals surface area contributed by atoms with Crippen molar-refractivity contribution < 1.29 is 18.3 Å². The highest BCUT2D eigenvalue weighted by Crippen LogP contribution is 2.45. The summed E-state index contributed by atoms with van der Waals surface area (Å²) < 4.78 is 24.6. The van der Waals surface area contributed by atoms with E-state index in [9.17, 15) is 18.3 Å². The molecule has 0 spiro atoms. The fourth-order valence-corrected chi connectivity index (χ4v) is 3.80. The van der Waals surface area contributed by atoms with Crippen molar-refractivity contribution in [3.63, 3.8) is 0 Å². The van der Waals surface area contributed by atoms with Gasteiger partial charge in [-0.1, -0.05) is 30.3 Å². The molecule has 1 fully saturated rings. The molecular weight excluding hydrogens is 316 g/mol. The van der Waals surface area contributed by atoms with Crippen LogP contribution in [0.1, 0.15) is 30.7 Å². The fraction of sp³-hybridized carbons (Fsp3) is 0.375. The zero-order valence-electron chi connectivity index (χ0n) is 12.7. The number of rotatable bonds is 4. The van der Waals surface area contributed by atoms with Gasteiger partial charge in [0.25, 0.3) is 0 Å². The Morgan fingerprint density at radius 2 is 2.04 bits per heavy atom. The maximum atomic E-state index is 11.9. The van der Waals surface area contributed by atoms with E-state index in [1.807, 2.05) is 30.3 Å². The van der Waals surface area contributed by atoms with Crippen LogP contribution < -0.4 is 0 Å². The summed E-state index contributed by atoms with van der Waals surface area (Å²) in [7, 11) is -3.41. The first kappa shape index (κ1) is 15.7. The van der Waals surface area contributed by atoms with E-state index in [1.54, 1.807) is 0 Å². The maximum absolute atomic E-state index is 11.9. The van der Waals surface area contributed by atoms with E-state index in [0.29, 0.717) is 12.8 Å². The molecule has 0 aliphatic heterocycles. The lowest BCUT2D eigenvalue weighted by Crippen LogP contribution is -2.40. The van der Waals surface area contributed by atoms with E-state index in [4.69, 9.17) is 0 Å². The molecule has 1 saturated carbocycles. The summed E-state index contributed by atoms with van der Waals surface area (Å²) in [4.78, 5) is 12.0. The Balaban J connectivity index is 1.97. The van der Waals surface area contributed by atoms with E-state index in [1.165, 1.54) is 17.1 Å². The molecule has 0 saturated heterocycles. The molecule has 122 valence electrons. The number of aromatic nitrogens is 2. The summed E-state index contributed by atoms with van der Waals surface area (Å²) in [6.45, 7) is 0. The molecule has 6 nitrogen and oxygen atoms in total. The normalized spacial score (nSPS) is 24.7. The van der Waals surface area contributed by atoms with Gasteiger partial charge in [0.2, 0.25) is 0 Å². The summed E-state index contributed by atoms with van der Waals surface area (Å²) in [5, 5.41) is 13.8. The first-order valence-electron chi connectivity index (χ1n) is 7.36. The second kappa shape index (κ2) is 5.49. The molecule has 1 aromatic heterocycles. The second-order valence-corrected chi connectivity index (χ2v) is 8.10. The molecule has 7 heteroatoms. The fourth-order valence-electron chi connectivity index (χ4n) is 3.27. The van der Waals surface area contributed by atoms with Gasteiger partial charge in [0.1, 0.15) is 4.90 Å². The Morgan fingerprint density at radius 3 is 2.61 bits per heavy atom. The molecule has 1 aliphatic carbocycles. The van der Waals surface area contributed by atoms with E-state index >= 15 is 0 Å². The molecule has 2 unspecified atom stereocenters. The van der Waals surface area contributed by atoms with Crippen molar-refractivity contribution in [1.82, 2.24) is 9.78 Å². The largest absolute Gasteiger partial charge is 0.479 e. The van der Waals surface area contributed by atoms with Crippen molar-refractivity contribution in [2.24, 2.45) is 0 Å². The van der Waals surface area contributed by atoms with Crippen molar-refractivity contribution in [2.75, 3.05) is 6.26 Å². The zero-order chi connectivity index (χ0) is 16.7. The minimum Gasteiger partial charge on any atom is -0.479 e. The highest BCUT2D eigenvalue weighted by Gasteiger charge is 2.48. The molecule has 2 atom stereocenters. The first-order chi connectivity index (χ1) is 10.8. The van der Waals surface area contributed by atoms with E-state index in [-0.39, 0.29) is 10.8 Å². The van der Waals surface area contributed by atoms with Crippen LogP contribution in [0.15, 0.2) is 47.6 Å². The van der Waals surface area contributed by atoms with Crippen LogP contribution in [0.2, 0.25) is 0 Å². The SMILES string of the molecule is CS(=O)(=O)c1cnn(C2(C(=O)O)CCC(c3ccccc3)C2)c1. The lowest BCUT2D eigenvalue weighted by Gasteiger charge is -2.25. The summed E-state index contributed by atoms with van der Waals surface area (Å²) in [5.41, 5.74) is -0.0881. The minimum absolute atomic E-state index is 0.0429. The minimum atomic E-state index is -3.41. The number of hydrogen-bond acceptors (Lipinski definition) is 4. The highest BCUT2D eigenvalue weighted by molar-refractivity contribution is 7.90. The second-order valence-electron chi connectivity index (χ2n) is 6.08. The standard InChI is InChI=1S/C16H18N2O4S/c1-23(21,22)14-10-17-18(11-14)16(15(19)20)8-7-13(9-16)12-5-3-2-4-6-12/h2-6,10-11,13H,7-9H2,1H3,(H,19,20). The molecule has 0 radical (unpaired) electrons. The molecule has 0 bridgehead atoms. The van der Waals surface area contributed by atoms with Gasteiger partial charge in [-0.15, -0.1) is 0 Å². The van der Waals surface area contributed by atoms with Gasteiger partial charge in [0, 0.05) is 12.5 Å². The lowest BCUT2D eigenvalue weighted by atomic mass is 9.92. The van der Waals surface area contributed by atoms with Crippen LogP contribution in [0.25, 0.3) is 0 Å². The third kappa shape index (κ3) is 2.76. The van der Waals surface area contributed by atoms with E-state index in [2.05, 4.69) is 5.10 Å². The van der Waals surface area contributed by atoms with E-state index in [0.717, 1.165) is 18.2 Å². The number of hydrogen-bond donors (Lipinski definition) is 1. The number of aliphatic carboxylic acids is 1. The van der Waals surface area contributed by atoms with Gasteiger partial charge in [0.05, 0.1) is 6.20 Å². The number of carbonyl (C=O) groups is 1. The molecular formula is C16H18N2O4S. The average Bonchev–Trinajstić information content (AvgIpc) is 3.15. The smallest absolute Gasteiger partial charge is 0.331 e. The van der Waals surface area contributed by atoms with Gasteiger partial charge in [0.15, 0.2) is 15.4 Å². The van der Waals surface area contributed by atoms with Gasteiger partial charge < -0.3 is 5.11 Å². The van der Waals surface area contributed by atoms with Crippen molar-refractivity contribution in [3.8, 4) is 0 Å². The van der Waals surface area contributed by atoms with Gasteiger partial charge in [-0.25, -0.2) is 13.2 Å². The quantitative estimate of drug-likeness (QED) is 0.924. The molecule has 1 heterocycles. The van der Waals surface area contributed by atoms with Crippen LogP contribution in [0.4, 0.5) is 0 Å². The Morgan fingerprint density at radius 1 is 1.35 bits per heavy atom. The predicted octanol–water partition coefficient (Wildman–Crippen LogP) is 2.03. The monoisotopic (exact) mass is 334 g/mol. The van der Waals surface area contributed by atoms with Gasteiger partial charge in [-0.05, 0) is 30.7 Å². The third-order valence-electron chi connectivity index (χ3n) is 4.59. The summed E-state index contributed by atoms with van der Waals surface area (Å²) in [5.74, 6) is -0.850. The van der Waals surface area contributed by atoms with Crippen LogP contribution in [-0.4, -0.2) is 35.5 Å². The lowest BCUT2D eigenvalue weighted by molar-refractivity contribution is -0.148. The Kier molecular flexibility index (Phi) is 3.75. The Labute approximate surface area is 134 Å². The van der Waals surface area contributed by atoms with Gasteiger partial charge >= 0.3 is 5.97 Å². The first-order valence-corrected chi connectivity index (χ1v) is 9.26. The Bertz CT molecular complexity index is 829. The number of carboxylic acid groups (broad SMARTS) is 1. The Hall–Kier alpha value is -2.15. The van der Waals surface area contributed by atoms with Crippen LogP contribution in [0, 0.1) is 0 Å².